The maximum atomic E-state index is 10.3. The van der Waals surface area contributed by atoms with Gasteiger partial charge in [-0.25, -0.2) is 0 Å². The molecule has 0 bridgehead atoms. The van der Waals surface area contributed by atoms with Gasteiger partial charge in [0.2, 0.25) is 0 Å². The molecule has 0 aliphatic heterocycles. The first-order chi connectivity index (χ1) is 8.34. The van der Waals surface area contributed by atoms with Crippen molar-refractivity contribution in [3.05, 3.63) is 52.0 Å². The standard InChI is InChI=1S/C14H15NOS/c16-13(9-11-4-2-8-17-11)12-6-5-10-3-1-7-15-14(10)12/h1-4,7-8,12-13,16H,5-6,9H2. The number of pyridine rings is 1. The van der Waals surface area contributed by atoms with E-state index in [0.717, 1.165) is 25.0 Å². The van der Waals surface area contributed by atoms with Crippen molar-refractivity contribution in [2.45, 2.75) is 31.3 Å². The summed E-state index contributed by atoms with van der Waals surface area (Å²) in [4.78, 5) is 5.69. The van der Waals surface area contributed by atoms with Gasteiger partial charge in [-0.1, -0.05) is 12.1 Å². The van der Waals surface area contributed by atoms with Gasteiger partial charge < -0.3 is 5.11 Å². The van der Waals surface area contributed by atoms with Gasteiger partial charge in [-0.3, -0.25) is 4.98 Å². The van der Waals surface area contributed by atoms with Crippen LogP contribution in [0.1, 0.15) is 28.5 Å². The lowest BCUT2D eigenvalue weighted by atomic mass is 9.96. The smallest absolute Gasteiger partial charge is 0.0672 e. The summed E-state index contributed by atoms with van der Waals surface area (Å²) < 4.78 is 0. The molecule has 2 unspecified atom stereocenters. The maximum absolute atomic E-state index is 10.3. The van der Waals surface area contributed by atoms with Gasteiger partial charge in [0, 0.05) is 29.1 Å². The van der Waals surface area contributed by atoms with E-state index in [1.54, 1.807) is 11.3 Å². The van der Waals surface area contributed by atoms with Crippen LogP contribution in [-0.2, 0) is 12.8 Å². The number of hydrogen-bond donors (Lipinski definition) is 1. The molecular formula is C14H15NOS. The van der Waals surface area contributed by atoms with Crippen LogP contribution in [0.15, 0.2) is 35.8 Å². The predicted octanol–water partition coefficient (Wildman–Crippen LogP) is 2.78. The second kappa shape index (κ2) is 4.59. The highest BCUT2D eigenvalue weighted by Gasteiger charge is 2.29. The second-order valence-electron chi connectivity index (χ2n) is 4.54. The summed E-state index contributed by atoms with van der Waals surface area (Å²) in [5.74, 6) is 0.216. The minimum Gasteiger partial charge on any atom is -0.392 e. The normalized spacial score (nSPS) is 20.2. The Morgan fingerprint density at radius 2 is 2.35 bits per heavy atom. The minimum atomic E-state index is -0.301. The molecule has 0 aromatic carbocycles. The Labute approximate surface area is 105 Å². The Kier molecular flexibility index (Phi) is 2.95. The van der Waals surface area contributed by atoms with Crippen molar-refractivity contribution < 1.29 is 5.11 Å². The van der Waals surface area contributed by atoms with Crippen LogP contribution >= 0.6 is 11.3 Å². The SMILES string of the molecule is OC(Cc1cccs1)C1CCc2cccnc21. The molecule has 3 heteroatoms. The molecule has 88 valence electrons. The molecule has 1 aliphatic rings. The highest BCUT2D eigenvalue weighted by atomic mass is 32.1. The van der Waals surface area contributed by atoms with Crippen molar-refractivity contribution in [3.63, 3.8) is 0 Å². The van der Waals surface area contributed by atoms with Crippen LogP contribution in [-0.4, -0.2) is 16.2 Å². The number of aromatic nitrogens is 1. The number of nitrogens with zero attached hydrogens (tertiary/aromatic N) is 1. The van der Waals surface area contributed by atoms with Gasteiger partial charge in [0.05, 0.1) is 6.10 Å². The molecule has 2 aromatic rings. The van der Waals surface area contributed by atoms with Crippen molar-refractivity contribution in [3.8, 4) is 0 Å². The van der Waals surface area contributed by atoms with Gasteiger partial charge in [0.15, 0.2) is 0 Å². The maximum Gasteiger partial charge on any atom is 0.0672 e. The van der Waals surface area contributed by atoms with Crippen LogP contribution in [0.25, 0.3) is 0 Å². The Balaban J connectivity index is 1.78. The van der Waals surface area contributed by atoms with Crippen molar-refractivity contribution in [2.75, 3.05) is 0 Å². The van der Waals surface area contributed by atoms with Gasteiger partial charge in [-0.2, -0.15) is 0 Å². The number of fused-ring (bicyclic) bond motifs is 1. The molecule has 17 heavy (non-hydrogen) atoms. The molecule has 0 radical (unpaired) electrons. The molecule has 1 aliphatic carbocycles. The summed E-state index contributed by atoms with van der Waals surface area (Å²) >= 11 is 1.71. The largest absolute Gasteiger partial charge is 0.392 e. The van der Waals surface area contributed by atoms with E-state index in [-0.39, 0.29) is 12.0 Å². The molecular weight excluding hydrogens is 230 g/mol. The van der Waals surface area contributed by atoms with E-state index in [1.807, 2.05) is 18.3 Å². The number of aliphatic hydroxyl groups excluding tert-OH is 1. The molecule has 0 saturated carbocycles. The monoisotopic (exact) mass is 245 g/mol. The fourth-order valence-electron chi connectivity index (χ4n) is 2.60. The Bertz CT molecular complexity index is 495. The molecule has 1 N–H and O–H groups in total. The molecule has 3 rings (SSSR count). The van der Waals surface area contributed by atoms with Crippen molar-refractivity contribution in [2.24, 2.45) is 0 Å². The summed E-state index contributed by atoms with van der Waals surface area (Å²) in [7, 11) is 0. The molecule has 0 fully saturated rings. The Morgan fingerprint density at radius 3 is 3.18 bits per heavy atom. The molecule has 2 atom stereocenters. The fraction of sp³-hybridized carbons (Fsp3) is 0.357. The minimum absolute atomic E-state index is 0.216. The third-order valence-corrected chi connectivity index (χ3v) is 4.36. The molecule has 2 nitrogen and oxygen atoms in total. The zero-order valence-electron chi connectivity index (χ0n) is 9.54. The van der Waals surface area contributed by atoms with Crippen molar-refractivity contribution in [1.29, 1.82) is 0 Å². The van der Waals surface area contributed by atoms with Crippen LogP contribution in [0.3, 0.4) is 0 Å². The zero-order chi connectivity index (χ0) is 11.7. The number of thiophene rings is 1. The summed E-state index contributed by atoms with van der Waals surface area (Å²) in [5.41, 5.74) is 2.42. The number of aliphatic hydroxyl groups is 1. The first-order valence-electron chi connectivity index (χ1n) is 5.99. The van der Waals surface area contributed by atoms with Crippen LogP contribution in [0.2, 0.25) is 0 Å². The number of hydrogen-bond acceptors (Lipinski definition) is 3. The van der Waals surface area contributed by atoms with E-state index in [1.165, 1.54) is 10.4 Å². The molecule has 0 spiro atoms. The van der Waals surface area contributed by atoms with Gasteiger partial charge in [0.25, 0.3) is 0 Å². The van der Waals surface area contributed by atoms with Gasteiger partial charge in [0.1, 0.15) is 0 Å². The highest BCUT2D eigenvalue weighted by molar-refractivity contribution is 7.09. The van der Waals surface area contributed by atoms with Crippen LogP contribution in [0.4, 0.5) is 0 Å². The molecule has 2 aromatic heterocycles. The Morgan fingerprint density at radius 1 is 1.41 bits per heavy atom. The topological polar surface area (TPSA) is 33.1 Å². The van der Waals surface area contributed by atoms with E-state index in [2.05, 4.69) is 22.5 Å². The quantitative estimate of drug-likeness (QED) is 0.902. The van der Waals surface area contributed by atoms with Gasteiger partial charge in [-0.05, 0) is 35.9 Å². The Hall–Kier alpha value is -1.19. The lowest BCUT2D eigenvalue weighted by Crippen LogP contribution is -2.19. The third kappa shape index (κ3) is 2.13. The first kappa shape index (κ1) is 10.9. The van der Waals surface area contributed by atoms with E-state index in [4.69, 9.17) is 0 Å². The number of aryl methyl sites for hydroxylation is 1. The summed E-state index contributed by atoms with van der Waals surface area (Å²) in [6, 6.07) is 8.22. The lowest BCUT2D eigenvalue weighted by Gasteiger charge is -2.17. The van der Waals surface area contributed by atoms with E-state index >= 15 is 0 Å². The van der Waals surface area contributed by atoms with Crippen molar-refractivity contribution >= 4 is 11.3 Å². The van der Waals surface area contributed by atoms with E-state index in [9.17, 15) is 5.11 Å². The second-order valence-corrected chi connectivity index (χ2v) is 5.58. The van der Waals surface area contributed by atoms with E-state index < -0.39 is 0 Å². The summed E-state index contributed by atoms with van der Waals surface area (Å²) in [6.07, 6.45) is 4.35. The fourth-order valence-corrected chi connectivity index (χ4v) is 3.35. The predicted molar refractivity (Wildman–Crippen MR) is 69.3 cm³/mol. The molecule has 0 amide bonds. The average molecular weight is 245 g/mol. The van der Waals surface area contributed by atoms with Crippen molar-refractivity contribution in [1.82, 2.24) is 4.98 Å². The summed E-state index contributed by atoms with van der Waals surface area (Å²) in [6.45, 7) is 0. The highest BCUT2D eigenvalue weighted by Crippen LogP contribution is 2.35. The lowest BCUT2D eigenvalue weighted by molar-refractivity contribution is 0.142. The zero-order valence-corrected chi connectivity index (χ0v) is 10.4. The van der Waals surface area contributed by atoms with Gasteiger partial charge >= 0.3 is 0 Å². The molecule has 0 saturated heterocycles. The van der Waals surface area contributed by atoms with Gasteiger partial charge in [-0.15, -0.1) is 11.3 Å². The number of rotatable bonds is 3. The first-order valence-corrected chi connectivity index (χ1v) is 6.87. The third-order valence-electron chi connectivity index (χ3n) is 3.46. The summed E-state index contributed by atoms with van der Waals surface area (Å²) in [5, 5.41) is 12.4. The average Bonchev–Trinajstić information content (AvgIpc) is 2.96. The van der Waals surface area contributed by atoms with E-state index in [0.29, 0.717) is 0 Å². The van der Waals surface area contributed by atoms with Crippen LogP contribution < -0.4 is 0 Å². The van der Waals surface area contributed by atoms with Crippen LogP contribution in [0, 0.1) is 0 Å². The van der Waals surface area contributed by atoms with Crippen LogP contribution in [0.5, 0.6) is 0 Å². The molecule has 2 heterocycles.